The monoisotopic (exact) mass is 305 g/mol. The van der Waals surface area contributed by atoms with E-state index < -0.39 is 0 Å². The van der Waals surface area contributed by atoms with E-state index in [1.165, 1.54) is 17.1 Å². The molecule has 5 heteroatoms. The smallest absolute Gasteiger partial charge is 0.202 e. The van der Waals surface area contributed by atoms with E-state index in [0.717, 1.165) is 17.4 Å². The van der Waals surface area contributed by atoms with E-state index in [1.807, 2.05) is 6.07 Å². The highest BCUT2D eigenvalue weighted by Crippen LogP contribution is 2.29. The zero-order valence-corrected chi connectivity index (χ0v) is 13.9. The predicted molar refractivity (Wildman–Crippen MR) is 88.0 cm³/mol. The second kappa shape index (κ2) is 7.00. The van der Waals surface area contributed by atoms with Crippen LogP contribution < -0.4 is 5.32 Å². The summed E-state index contributed by atoms with van der Waals surface area (Å²) in [5.74, 6) is 0.842. The fraction of sp³-hybridized carbons (Fsp3) is 0.500. The lowest BCUT2D eigenvalue weighted by Crippen LogP contribution is -2.37. The molecule has 0 aliphatic heterocycles. The van der Waals surface area contributed by atoms with Crippen LogP contribution in [0.25, 0.3) is 0 Å². The summed E-state index contributed by atoms with van der Waals surface area (Å²) < 4.78 is 9.40. The molecule has 0 spiro atoms. The molecule has 0 saturated carbocycles. The van der Waals surface area contributed by atoms with Crippen molar-refractivity contribution in [3.63, 3.8) is 0 Å². The van der Waals surface area contributed by atoms with Gasteiger partial charge in [-0.05, 0) is 12.5 Å². The first-order chi connectivity index (χ1) is 10.0. The molecular formula is C16H23N3OS. The topological polar surface area (TPSA) is 47.0 Å². The second-order valence-electron chi connectivity index (χ2n) is 5.71. The van der Waals surface area contributed by atoms with Crippen molar-refractivity contribution in [3.8, 4) is 0 Å². The molecule has 0 radical (unpaired) electrons. The van der Waals surface area contributed by atoms with Crippen LogP contribution in [0.4, 0.5) is 5.13 Å². The molecule has 114 valence electrons. The summed E-state index contributed by atoms with van der Waals surface area (Å²) >= 11 is 1.41. The summed E-state index contributed by atoms with van der Waals surface area (Å²) in [5, 5.41) is 4.35. The van der Waals surface area contributed by atoms with E-state index in [-0.39, 0.29) is 11.5 Å². The summed E-state index contributed by atoms with van der Waals surface area (Å²) in [7, 11) is 1.69. The molecule has 4 nitrogen and oxygen atoms in total. The van der Waals surface area contributed by atoms with E-state index in [9.17, 15) is 0 Å². The number of hydrogen-bond donors (Lipinski definition) is 1. The third kappa shape index (κ3) is 4.02. The van der Waals surface area contributed by atoms with Gasteiger partial charge >= 0.3 is 0 Å². The molecule has 1 unspecified atom stereocenters. The number of hydrogen-bond acceptors (Lipinski definition) is 5. The number of anilines is 1. The first-order valence-electron chi connectivity index (χ1n) is 7.17. The molecular weight excluding hydrogens is 282 g/mol. The molecule has 0 amide bonds. The summed E-state index contributed by atoms with van der Waals surface area (Å²) in [6.45, 7) is 7.32. The molecule has 0 fully saturated rings. The minimum Gasteiger partial charge on any atom is -0.384 e. The quantitative estimate of drug-likeness (QED) is 0.850. The number of benzene rings is 1. The number of rotatable bonds is 7. The molecule has 1 aromatic heterocycles. The minimum absolute atomic E-state index is 0.0135. The van der Waals surface area contributed by atoms with Crippen molar-refractivity contribution in [1.29, 1.82) is 0 Å². The number of ether oxygens (including phenoxy) is 1. The Bertz CT molecular complexity index is 554. The lowest BCUT2D eigenvalue weighted by molar-refractivity contribution is 0.201. The van der Waals surface area contributed by atoms with Gasteiger partial charge in [0.1, 0.15) is 5.82 Å². The van der Waals surface area contributed by atoms with Gasteiger partial charge in [-0.25, -0.2) is 4.98 Å². The number of methoxy groups -OCH3 is 1. The Labute approximate surface area is 130 Å². The Kier molecular flexibility index (Phi) is 5.31. The Hall–Kier alpha value is -1.46. The zero-order valence-electron chi connectivity index (χ0n) is 13.1. The van der Waals surface area contributed by atoms with Crippen LogP contribution in [0, 0.1) is 0 Å². The van der Waals surface area contributed by atoms with Crippen LogP contribution in [0.1, 0.15) is 32.2 Å². The number of nitrogens with zero attached hydrogens (tertiary/aromatic N) is 2. The first-order valence-corrected chi connectivity index (χ1v) is 7.95. The van der Waals surface area contributed by atoms with Crippen molar-refractivity contribution >= 4 is 16.7 Å². The highest BCUT2D eigenvalue weighted by molar-refractivity contribution is 7.09. The Balaban J connectivity index is 2.03. The fourth-order valence-electron chi connectivity index (χ4n) is 2.09. The summed E-state index contributed by atoms with van der Waals surface area (Å²) in [6.07, 6.45) is 0.755. The minimum atomic E-state index is 0.0135. The maximum Gasteiger partial charge on any atom is 0.202 e. The highest BCUT2D eigenvalue weighted by Gasteiger charge is 2.28. The standard InChI is InChI=1S/C16H23N3OS/c1-12(16(2,3)13-8-6-5-7-9-13)17-15-18-14(19-21-15)10-11-20-4/h5-9,12H,10-11H2,1-4H3,(H,17,18,19). The maximum atomic E-state index is 5.05. The van der Waals surface area contributed by atoms with Crippen molar-refractivity contribution in [2.75, 3.05) is 19.0 Å². The molecule has 0 saturated heterocycles. The summed E-state index contributed by atoms with van der Waals surface area (Å²) in [5.41, 5.74) is 1.33. The van der Waals surface area contributed by atoms with Gasteiger partial charge in [0.2, 0.25) is 5.13 Å². The zero-order chi connectivity index (χ0) is 15.3. The lowest BCUT2D eigenvalue weighted by atomic mass is 9.78. The van der Waals surface area contributed by atoms with Crippen molar-refractivity contribution in [1.82, 2.24) is 9.36 Å². The Morgan fingerprint density at radius 2 is 2.00 bits per heavy atom. The normalized spacial score (nSPS) is 13.1. The van der Waals surface area contributed by atoms with Gasteiger partial charge in [-0.1, -0.05) is 44.2 Å². The summed E-state index contributed by atoms with van der Waals surface area (Å²) in [6, 6.07) is 10.8. The van der Waals surface area contributed by atoms with E-state index >= 15 is 0 Å². The van der Waals surface area contributed by atoms with Crippen LogP contribution in [0.2, 0.25) is 0 Å². The first kappa shape index (κ1) is 15.9. The molecule has 1 heterocycles. The van der Waals surface area contributed by atoms with Crippen LogP contribution in [0.15, 0.2) is 30.3 Å². The van der Waals surface area contributed by atoms with E-state index in [1.54, 1.807) is 7.11 Å². The lowest BCUT2D eigenvalue weighted by Gasteiger charge is -2.32. The van der Waals surface area contributed by atoms with E-state index in [0.29, 0.717) is 6.61 Å². The van der Waals surface area contributed by atoms with E-state index in [4.69, 9.17) is 4.74 Å². The van der Waals surface area contributed by atoms with Crippen LogP contribution in [-0.4, -0.2) is 29.1 Å². The Morgan fingerprint density at radius 3 is 2.67 bits per heavy atom. The molecule has 0 bridgehead atoms. The van der Waals surface area contributed by atoms with Gasteiger partial charge in [-0.2, -0.15) is 4.37 Å². The molecule has 0 aliphatic rings. The van der Waals surface area contributed by atoms with Gasteiger partial charge in [0.05, 0.1) is 6.61 Å². The van der Waals surface area contributed by atoms with Crippen molar-refractivity contribution in [3.05, 3.63) is 41.7 Å². The second-order valence-corrected chi connectivity index (χ2v) is 6.46. The largest absolute Gasteiger partial charge is 0.384 e. The number of nitrogens with one attached hydrogen (secondary N) is 1. The van der Waals surface area contributed by atoms with Gasteiger partial charge in [-0.3, -0.25) is 0 Å². The van der Waals surface area contributed by atoms with Gasteiger partial charge in [-0.15, -0.1) is 0 Å². The maximum absolute atomic E-state index is 5.05. The molecule has 0 aliphatic carbocycles. The molecule has 1 aromatic carbocycles. The van der Waals surface area contributed by atoms with Crippen molar-refractivity contribution in [2.24, 2.45) is 0 Å². The number of aromatic nitrogens is 2. The highest BCUT2D eigenvalue weighted by atomic mass is 32.1. The van der Waals surface area contributed by atoms with Crippen molar-refractivity contribution < 1.29 is 4.74 Å². The van der Waals surface area contributed by atoms with Crippen LogP contribution in [0.3, 0.4) is 0 Å². The Morgan fingerprint density at radius 1 is 1.29 bits per heavy atom. The average molecular weight is 305 g/mol. The third-order valence-electron chi connectivity index (χ3n) is 3.94. The fourth-order valence-corrected chi connectivity index (χ4v) is 2.79. The van der Waals surface area contributed by atoms with Gasteiger partial charge < -0.3 is 10.1 Å². The van der Waals surface area contributed by atoms with Crippen LogP contribution in [-0.2, 0) is 16.6 Å². The van der Waals surface area contributed by atoms with Gasteiger partial charge in [0, 0.05) is 36.5 Å². The van der Waals surface area contributed by atoms with Crippen LogP contribution in [0.5, 0.6) is 0 Å². The molecule has 1 N–H and O–H groups in total. The van der Waals surface area contributed by atoms with E-state index in [2.05, 4.69) is 59.7 Å². The van der Waals surface area contributed by atoms with Crippen molar-refractivity contribution in [2.45, 2.75) is 38.6 Å². The molecule has 2 aromatic rings. The molecule has 1 atom stereocenters. The summed E-state index contributed by atoms with van der Waals surface area (Å²) in [4.78, 5) is 4.51. The third-order valence-corrected chi connectivity index (χ3v) is 4.62. The van der Waals surface area contributed by atoms with Gasteiger partial charge in [0.25, 0.3) is 0 Å². The molecule has 21 heavy (non-hydrogen) atoms. The van der Waals surface area contributed by atoms with Gasteiger partial charge in [0.15, 0.2) is 0 Å². The van der Waals surface area contributed by atoms with Crippen LogP contribution >= 0.6 is 11.5 Å². The SMILES string of the molecule is COCCc1nsc(NC(C)C(C)(C)c2ccccc2)n1. The molecule has 2 rings (SSSR count). The average Bonchev–Trinajstić information content (AvgIpc) is 2.93. The predicted octanol–water partition coefficient (Wildman–Crippen LogP) is 3.51.